The van der Waals surface area contributed by atoms with Gasteiger partial charge in [-0.3, -0.25) is 4.79 Å². The number of aryl methyl sites for hydroxylation is 1. The number of hydrogen-bond acceptors (Lipinski definition) is 4. The average Bonchev–Trinajstić information content (AvgIpc) is 3.00. The summed E-state index contributed by atoms with van der Waals surface area (Å²) in [5, 5.41) is 0. The Morgan fingerprint density at radius 2 is 1.61 bits per heavy atom. The van der Waals surface area contributed by atoms with Crippen LogP contribution in [0.4, 0.5) is 5.69 Å². The van der Waals surface area contributed by atoms with Gasteiger partial charge in [0.1, 0.15) is 6.17 Å². The molecule has 28 heavy (non-hydrogen) atoms. The van der Waals surface area contributed by atoms with Gasteiger partial charge in [-0.15, -0.1) is 0 Å². The van der Waals surface area contributed by atoms with Crippen molar-refractivity contribution in [3.8, 4) is 0 Å². The number of hydrogen-bond donors (Lipinski definition) is 0. The van der Waals surface area contributed by atoms with Crippen LogP contribution >= 0.6 is 0 Å². The van der Waals surface area contributed by atoms with E-state index in [-0.39, 0.29) is 23.4 Å². The van der Waals surface area contributed by atoms with E-state index < -0.39 is 16.2 Å². The zero-order valence-corrected chi connectivity index (χ0v) is 17.8. The number of carbonyl (C=O) groups excluding carboxylic acids is 1. The molecule has 0 aromatic heterocycles. The van der Waals surface area contributed by atoms with Crippen molar-refractivity contribution < 1.29 is 13.2 Å². The summed E-state index contributed by atoms with van der Waals surface area (Å²) in [4.78, 5) is 16.2. The van der Waals surface area contributed by atoms with E-state index in [0.717, 1.165) is 16.8 Å². The van der Waals surface area contributed by atoms with Crippen molar-refractivity contribution in [3.05, 3.63) is 59.7 Å². The van der Waals surface area contributed by atoms with Crippen LogP contribution < -0.4 is 4.90 Å². The molecule has 1 fully saturated rings. The van der Waals surface area contributed by atoms with E-state index in [4.69, 9.17) is 0 Å². The fourth-order valence-corrected chi connectivity index (χ4v) is 5.31. The van der Waals surface area contributed by atoms with E-state index in [1.165, 1.54) is 11.2 Å². The molecule has 0 spiro atoms. The second kappa shape index (κ2) is 7.56. The highest BCUT2D eigenvalue weighted by Gasteiger charge is 2.45. The molecule has 2 aromatic rings. The van der Waals surface area contributed by atoms with Gasteiger partial charge in [0.25, 0.3) is 0 Å². The molecule has 0 unspecified atom stereocenters. The maximum atomic E-state index is 13.4. The van der Waals surface area contributed by atoms with Crippen LogP contribution in [0.2, 0.25) is 0 Å². The molecule has 0 saturated carbocycles. The molecule has 1 amide bonds. The van der Waals surface area contributed by atoms with Gasteiger partial charge in [-0.25, -0.2) is 8.42 Å². The predicted molar refractivity (Wildman–Crippen MR) is 111 cm³/mol. The molecule has 0 radical (unpaired) electrons. The normalized spacial score (nSPS) is 20.4. The summed E-state index contributed by atoms with van der Waals surface area (Å²) in [5.41, 5.74) is 2.79. The van der Waals surface area contributed by atoms with Crippen LogP contribution in [0.5, 0.6) is 0 Å². The van der Waals surface area contributed by atoms with Crippen molar-refractivity contribution in [2.45, 2.75) is 37.9 Å². The highest BCUT2D eigenvalue weighted by atomic mass is 32.2. The number of amides is 1. The van der Waals surface area contributed by atoms with Gasteiger partial charge in [-0.2, -0.15) is 4.31 Å². The molecule has 1 aliphatic heterocycles. The Labute approximate surface area is 167 Å². The first-order valence-electron chi connectivity index (χ1n) is 9.27. The Kier molecular flexibility index (Phi) is 5.50. The Morgan fingerprint density at radius 3 is 2.11 bits per heavy atom. The lowest BCUT2D eigenvalue weighted by atomic mass is 10.1. The van der Waals surface area contributed by atoms with Crippen molar-refractivity contribution in [3.63, 3.8) is 0 Å². The third-order valence-corrected chi connectivity index (χ3v) is 6.99. The summed E-state index contributed by atoms with van der Waals surface area (Å²) in [6.07, 6.45) is -0.657. The van der Waals surface area contributed by atoms with Crippen LogP contribution in [0.25, 0.3) is 0 Å². The summed E-state index contributed by atoms with van der Waals surface area (Å²) in [6.45, 7) is 5.55. The lowest BCUT2D eigenvalue weighted by molar-refractivity contribution is -0.132. The van der Waals surface area contributed by atoms with Gasteiger partial charge >= 0.3 is 0 Å². The Hall–Kier alpha value is -2.38. The molecule has 2 aromatic carbocycles. The lowest BCUT2D eigenvalue weighted by Gasteiger charge is -2.31. The van der Waals surface area contributed by atoms with Crippen molar-refractivity contribution in [1.29, 1.82) is 0 Å². The highest BCUT2D eigenvalue weighted by molar-refractivity contribution is 7.89. The van der Waals surface area contributed by atoms with Gasteiger partial charge in [0.15, 0.2) is 0 Å². The van der Waals surface area contributed by atoms with Crippen LogP contribution in [0.1, 0.15) is 31.1 Å². The zero-order valence-electron chi connectivity index (χ0n) is 17.0. The maximum absolute atomic E-state index is 13.4. The van der Waals surface area contributed by atoms with Crippen molar-refractivity contribution in [2.75, 3.05) is 25.5 Å². The van der Waals surface area contributed by atoms with E-state index in [1.807, 2.05) is 57.1 Å². The third kappa shape index (κ3) is 3.64. The second-order valence-corrected chi connectivity index (χ2v) is 9.41. The molecule has 3 rings (SSSR count). The molecule has 1 aliphatic rings. The number of carbonyl (C=O) groups is 1. The average molecular weight is 402 g/mol. The van der Waals surface area contributed by atoms with E-state index in [0.29, 0.717) is 0 Å². The van der Waals surface area contributed by atoms with Crippen LogP contribution in [0, 0.1) is 6.92 Å². The molecule has 7 heteroatoms. The molecular weight excluding hydrogens is 374 g/mol. The fraction of sp³-hybridized carbons (Fsp3) is 0.381. The number of anilines is 1. The van der Waals surface area contributed by atoms with Crippen molar-refractivity contribution in [1.82, 2.24) is 9.21 Å². The predicted octanol–water partition coefficient (Wildman–Crippen LogP) is 3.00. The molecule has 0 aliphatic carbocycles. The number of rotatable bonds is 4. The summed E-state index contributed by atoms with van der Waals surface area (Å²) in [5.74, 6) is -0.143. The molecule has 6 nitrogen and oxygen atoms in total. The summed E-state index contributed by atoms with van der Waals surface area (Å²) in [7, 11) is 0.145. The van der Waals surface area contributed by atoms with E-state index in [2.05, 4.69) is 0 Å². The quantitative estimate of drug-likeness (QED) is 0.790. The third-order valence-electron chi connectivity index (χ3n) is 5.15. The molecule has 0 bridgehead atoms. The van der Waals surface area contributed by atoms with Crippen LogP contribution in [-0.4, -0.2) is 50.2 Å². The Bertz CT molecular complexity index is 953. The van der Waals surface area contributed by atoms with Gasteiger partial charge in [0.05, 0.1) is 4.90 Å². The minimum Gasteiger partial charge on any atom is -0.378 e. The highest BCUT2D eigenvalue weighted by Crippen LogP contribution is 2.38. The summed E-state index contributed by atoms with van der Waals surface area (Å²) < 4.78 is 28.2. The van der Waals surface area contributed by atoms with Crippen molar-refractivity contribution in [2.24, 2.45) is 0 Å². The monoisotopic (exact) mass is 401 g/mol. The second-order valence-electron chi connectivity index (χ2n) is 7.52. The summed E-state index contributed by atoms with van der Waals surface area (Å²) in [6, 6.07) is 14.3. The SMILES string of the molecule is CC(=O)N1[C@@H](c2ccc(N(C)C)cc2)N(S(=O)(=O)c2ccc(C)cc2)C[C@@H]1C. The fourth-order valence-electron chi connectivity index (χ4n) is 3.66. The number of nitrogens with zero attached hydrogens (tertiary/aromatic N) is 3. The van der Waals surface area contributed by atoms with Gasteiger partial charge in [-0.05, 0) is 43.7 Å². The number of benzene rings is 2. The van der Waals surface area contributed by atoms with Gasteiger partial charge < -0.3 is 9.80 Å². The first kappa shape index (κ1) is 20.4. The zero-order chi connectivity index (χ0) is 20.6. The van der Waals surface area contributed by atoms with Crippen molar-refractivity contribution >= 4 is 21.6 Å². The Morgan fingerprint density at radius 1 is 1.04 bits per heavy atom. The molecule has 2 atom stereocenters. The van der Waals surface area contributed by atoms with Crippen LogP contribution in [-0.2, 0) is 14.8 Å². The maximum Gasteiger partial charge on any atom is 0.245 e. The largest absolute Gasteiger partial charge is 0.378 e. The van der Waals surface area contributed by atoms with E-state index >= 15 is 0 Å². The topological polar surface area (TPSA) is 60.9 Å². The van der Waals surface area contributed by atoms with Crippen LogP contribution in [0.3, 0.4) is 0 Å². The smallest absolute Gasteiger partial charge is 0.245 e. The van der Waals surface area contributed by atoms with E-state index in [1.54, 1.807) is 29.2 Å². The minimum atomic E-state index is -3.75. The minimum absolute atomic E-state index is 0.143. The van der Waals surface area contributed by atoms with Gasteiger partial charge in [0, 0.05) is 39.3 Å². The molecule has 0 N–H and O–H groups in total. The van der Waals surface area contributed by atoms with Crippen LogP contribution in [0.15, 0.2) is 53.4 Å². The Balaban J connectivity index is 2.08. The van der Waals surface area contributed by atoms with Gasteiger partial charge in [-0.1, -0.05) is 29.8 Å². The lowest BCUT2D eigenvalue weighted by Crippen LogP contribution is -2.38. The molecular formula is C21H27N3O3S. The standard InChI is InChI=1S/C21H27N3O3S/c1-15-6-12-20(13-7-15)28(26,27)23-14-16(2)24(17(3)25)21(23)18-8-10-19(11-9-18)22(4)5/h6-13,16,21H,14H2,1-5H3/t16-,21-/m0/s1. The first-order valence-corrected chi connectivity index (χ1v) is 10.7. The first-order chi connectivity index (χ1) is 13.1. The molecule has 1 saturated heterocycles. The molecule has 150 valence electrons. The summed E-state index contributed by atoms with van der Waals surface area (Å²) >= 11 is 0. The van der Waals surface area contributed by atoms with Gasteiger partial charge in [0.2, 0.25) is 15.9 Å². The molecule has 1 heterocycles. The number of sulfonamides is 1. The van der Waals surface area contributed by atoms with E-state index in [9.17, 15) is 13.2 Å².